The monoisotopic (exact) mass is 314 g/mol. The lowest BCUT2D eigenvalue weighted by molar-refractivity contribution is -0.125. The lowest BCUT2D eigenvalue weighted by Crippen LogP contribution is -2.50. The third kappa shape index (κ3) is 4.32. The van der Waals surface area contributed by atoms with Crippen molar-refractivity contribution < 1.29 is 14.3 Å². The molecule has 0 bridgehead atoms. The summed E-state index contributed by atoms with van der Waals surface area (Å²) in [4.78, 5) is 24.0. The summed E-state index contributed by atoms with van der Waals surface area (Å²) in [7, 11) is 0. The van der Waals surface area contributed by atoms with E-state index in [1.165, 1.54) is 0 Å². The maximum Gasteiger partial charge on any atom is 0.338 e. The second-order valence-corrected chi connectivity index (χ2v) is 6.18. The molecule has 0 radical (unpaired) electrons. The quantitative estimate of drug-likeness (QED) is 0.867. The van der Waals surface area contributed by atoms with Gasteiger partial charge in [-0.15, -0.1) is 0 Å². The van der Waals surface area contributed by atoms with E-state index >= 15 is 0 Å². The minimum absolute atomic E-state index is 0.366. The van der Waals surface area contributed by atoms with Gasteiger partial charge in [0.05, 0.1) is 11.6 Å². The van der Waals surface area contributed by atoms with Gasteiger partial charge in [0, 0.05) is 0 Å². The van der Waals surface area contributed by atoms with E-state index in [2.05, 4.69) is 11.4 Å². The van der Waals surface area contributed by atoms with Crippen LogP contribution >= 0.6 is 0 Å². The van der Waals surface area contributed by atoms with Crippen molar-refractivity contribution in [1.82, 2.24) is 5.32 Å². The maximum absolute atomic E-state index is 12.0. The zero-order valence-electron chi connectivity index (χ0n) is 13.6. The van der Waals surface area contributed by atoms with Crippen LogP contribution in [0.2, 0.25) is 0 Å². The molecule has 23 heavy (non-hydrogen) atoms. The number of esters is 1. The lowest BCUT2D eigenvalue weighted by Gasteiger charge is -2.31. The van der Waals surface area contributed by atoms with E-state index in [0.717, 1.165) is 30.4 Å². The summed E-state index contributed by atoms with van der Waals surface area (Å²) >= 11 is 0. The van der Waals surface area contributed by atoms with Crippen molar-refractivity contribution in [2.45, 2.75) is 51.5 Å². The van der Waals surface area contributed by atoms with Crippen molar-refractivity contribution in [3.63, 3.8) is 0 Å². The van der Waals surface area contributed by atoms with Crippen LogP contribution in [-0.4, -0.2) is 24.0 Å². The number of aryl methyl sites for hydroxylation is 2. The van der Waals surface area contributed by atoms with Crippen LogP contribution in [0.25, 0.3) is 0 Å². The van der Waals surface area contributed by atoms with Crippen molar-refractivity contribution in [2.24, 2.45) is 0 Å². The molecule has 2 rings (SSSR count). The van der Waals surface area contributed by atoms with Crippen molar-refractivity contribution >= 4 is 11.9 Å². The Hall–Kier alpha value is -2.35. The molecule has 5 nitrogen and oxygen atoms in total. The number of hydrogen-bond acceptors (Lipinski definition) is 4. The highest BCUT2D eigenvalue weighted by molar-refractivity contribution is 5.91. The van der Waals surface area contributed by atoms with E-state index < -0.39 is 17.4 Å². The summed E-state index contributed by atoms with van der Waals surface area (Å²) in [6.07, 6.45) is 4.24. The third-order valence-electron chi connectivity index (χ3n) is 4.38. The molecule has 1 N–H and O–H groups in total. The maximum atomic E-state index is 12.0. The average molecular weight is 314 g/mol. The molecule has 1 aromatic rings. The highest BCUT2D eigenvalue weighted by atomic mass is 16.5. The first-order valence-corrected chi connectivity index (χ1v) is 7.92. The summed E-state index contributed by atoms with van der Waals surface area (Å²) in [6, 6.07) is 7.48. The number of nitrogens with one attached hydrogen (secondary N) is 1. The van der Waals surface area contributed by atoms with Gasteiger partial charge in [0.25, 0.3) is 5.91 Å². The van der Waals surface area contributed by atoms with Gasteiger partial charge < -0.3 is 10.1 Å². The van der Waals surface area contributed by atoms with Gasteiger partial charge in [0.15, 0.2) is 6.61 Å². The van der Waals surface area contributed by atoms with Gasteiger partial charge >= 0.3 is 5.97 Å². The molecule has 0 heterocycles. The van der Waals surface area contributed by atoms with Gasteiger partial charge in [-0.2, -0.15) is 5.26 Å². The normalized spacial score (nSPS) is 16.2. The van der Waals surface area contributed by atoms with E-state index in [0.29, 0.717) is 18.4 Å². The molecule has 0 spiro atoms. The van der Waals surface area contributed by atoms with Crippen molar-refractivity contribution in [3.05, 3.63) is 34.9 Å². The highest BCUT2D eigenvalue weighted by Gasteiger charge is 2.33. The fourth-order valence-electron chi connectivity index (χ4n) is 2.81. The first-order valence-electron chi connectivity index (χ1n) is 7.92. The number of nitriles is 1. The Morgan fingerprint density at radius 1 is 1.22 bits per heavy atom. The van der Waals surface area contributed by atoms with Gasteiger partial charge in [-0.3, -0.25) is 4.79 Å². The minimum Gasteiger partial charge on any atom is -0.452 e. The largest absolute Gasteiger partial charge is 0.452 e. The molecule has 5 heteroatoms. The molecule has 1 aliphatic carbocycles. The van der Waals surface area contributed by atoms with E-state index in [4.69, 9.17) is 4.74 Å². The van der Waals surface area contributed by atoms with Crippen molar-refractivity contribution in [2.75, 3.05) is 6.61 Å². The Bertz CT molecular complexity index is 640. The summed E-state index contributed by atoms with van der Waals surface area (Å²) < 4.78 is 5.06. The fraction of sp³-hybridized carbons (Fsp3) is 0.500. The zero-order valence-corrected chi connectivity index (χ0v) is 13.6. The van der Waals surface area contributed by atoms with Gasteiger partial charge in [0.1, 0.15) is 5.54 Å². The number of carbonyl (C=O) groups excluding carboxylic acids is 2. The molecule has 1 fully saturated rings. The molecule has 0 atom stereocenters. The first kappa shape index (κ1) is 17.0. The van der Waals surface area contributed by atoms with Crippen LogP contribution in [-0.2, 0) is 9.53 Å². The number of benzene rings is 1. The Kier molecular flexibility index (Phi) is 5.38. The number of amides is 1. The molecule has 1 aliphatic rings. The van der Waals surface area contributed by atoms with Crippen LogP contribution < -0.4 is 5.32 Å². The molecule has 0 aliphatic heterocycles. The molecule has 1 saturated carbocycles. The van der Waals surface area contributed by atoms with Crippen LogP contribution in [0.15, 0.2) is 18.2 Å². The predicted octanol–water partition coefficient (Wildman–Crippen LogP) is 2.80. The van der Waals surface area contributed by atoms with Crippen LogP contribution in [0.1, 0.15) is 53.6 Å². The predicted molar refractivity (Wildman–Crippen MR) is 85.8 cm³/mol. The van der Waals surface area contributed by atoms with Crippen molar-refractivity contribution in [3.8, 4) is 6.07 Å². The Morgan fingerprint density at radius 3 is 2.52 bits per heavy atom. The molecular weight excluding hydrogens is 292 g/mol. The minimum atomic E-state index is -0.803. The van der Waals surface area contributed by atoms with E-state index in [1.54, 1.807) is 12.1 Å². The SMILES string of the molecule is Cc1ccc(C(=O)OCC(=O)NC2(C#N)CCCCC2)cc1C. The second-order valence-electron chi connectivity index (χ2n) is 6.18. The van der Waals surface area contributed by atoms with Gasteiger partial charge in [-0.05, 0) is 49.9 Å². The van der Waals surface area contributed by atoms with Crippen LogP contribution in [0.3, 0.4) is 0 Å². The summed E-state index contributed by atoms with van der Waals surface area (Å²) in [5.74, 6) is -0.955. The number of nitrogens with zero attached hydrogens (tertiary/aromatic N) is 1. The average Bonchev–Trinajstić information content (AvgIpc) is 2.56. The lowest BCUT2D eigenvalue weighted by atomic mass is 9.83. The Morgan fingerprint density at radius 2 is 1.91 bits per heavy atom. The molecule has 122 valence electrons. The second kappa shape index (κ2) is 7.28. The molecule has 0 aromatic heterocycles. The van der Waals surface area contributed by atoms with E-state index in [-0.39, 0.29) is 6.61 Å². The smallest absolute Gasteiger partial charge is 0.338 e. The molecule has 1 amide bonds. The molecule has 1 aromatic carbocycles. The number of carbonyl (C=O) groups is 2. The van der Waals surface area contributed by atoms with E-state index in [1.807, 2.05) is 19.9 Å². The summed E-state index contributed by atoms with van der Waals surface area (Å²) in [6.45, 7) is 3.51. The van der Waals surface area contributed by atoms with Gasteiger partial charge in [-0.25, -0.2) is 4.79 Å². The highest BCUT2D eigenvalue weighted by Crippen LogP contribution is 2.27. The Balaban J connectivity index is 1.89. The number of hydrogen-bond donors (Lipinski definition) is 1. The van der Waals surface area contributed by atoms with Crippen LogP contribution in [0, 0.1) is 25.2 Å². The Labute approximate surface area is 136 Å². The van der Waals surface area contributed by atoms with Crippen LogP contribution in [0.4, 0.5) is 0 Å². The van der Waals surface area contributed by atoms with Gasteiger partial charge in [0.2, 0.25) is 0 Å². The zero-order chi connectivity index (χ0) is 16.9. The molecule has 0 unspecified atom stereocenters. The summed E-state index contributed by atoms with van der Waals surface area (Å²) in [5, 5.41) is 12.1. The van der Waals surface area contributed by atoms with E-state index in [9.17, 15) is 14.9 Å². The topological polar surface area (TPSA) is 79.2 Å². The molecule has 0 saturated heterocycles. The fourth-order valence-corrected chi connectivity index (χ4v) is 2.81. The molecular formula is C18H22N2O3. The van der Waals surface area contributed by atoms with Crippen LogP contribution in [0.5, 0.6) is 0 Å². The first-order chi connectivity index (χ1) is 11.0. The summed E-state index contributed by atoms with van der Waals surface area (Å²) in [5.41, 5.74) is 1.71. The number of rotatable bonds is 4. The number of ether oxygens (including phenoxy) is 1. The third-order valence-corrected chi connectivity index (χ3v) is 4.38. The standard InChI is InChI=1S/C18H22N2O3/c1-13-6-7-15(10-14(13)2)17(22)23-11-16(21)20-18(12-19)8-4-3-5-9-18/h6-7,10H,3-5,8-9,11H2,1-2H3,(H,20,21). The van der Waals surface area contributed by atoms with Gasteiger partial charge in [-0.1, -0.05) is 25.3 Å². The van der Waals surface area contributed by atoms with Crippen molar-refractivity contribution in [1.29, 1.82) is 5.26 Å².